The van der Waals surface area contributed by atoms with E-state index in [0.29, 0.717) is 5.56 Å². The molecule has 2 aromatic carbocycles. The topological polar surface area (TPSA) is 41.6 Å². The van der Waals surface area contributed by atoms with Crippen LogP contribution in [0.3, 0.4) is 0 Å². The average Bonchev–Trinajstić information content (AvgIpc) is 2.48. The number of amides is 1. The predicted octanol–water partition coefficient (Wildman–Crippen LogP) is 3.11. The van der Waals surface area contributed by atoms with Crippen molar-refractivity contribution in [3.8, 4) is 5.75 Å². The molecule has 0 saturated carbocycles. The van der Waals surface area contributed by atoms with Gasteiger partial charge in [-0.05, 0) is 43.3 Å². The Morgan fingerprint density at radius 2 is 1.80 bits per heavy atom. The lowest BCUT2D eigenvalue weighted by Crippen LogP contribution is -2.47. The van der Waals surface area contributed by atoms with Crippen LogP contribution in [0.15, 0.2) is 48.5 Å². The summed E-state index contributed by atoms with van der Waals surface area (Å²) in [5.41, 5.74) is 2.43. The van der Waals surface area contributed by atoms with Crippen molar-refractivity contribution < 1.29 is 9.53 Å². The van der Waals surface area contributed by atoms with Crippen molar-refractivity contribution in [2.75, 3.05) is 17.3 Å². The van der Waals surface area contributed by atoms with E-state index in [4.69, 9.17) is 4.74 Å². The smallest absolute Gasteiger partial charge is 0.262 e. The van der Waals surface area contributed by atoms with Crippen molar-refractivity contribution >= 4 is 17.3 Å². The van der Waals surface area contributed by atoms with Crippen LogP contribution in [0, 0.1) is 0 Å². The summed E-state index contributed by atoms with van der Waals surface area (Å²) in [6.45, 7) is 1.97. The van der Waals surface area contributed by atoms with E-state index >= 15 is 0 Å². The van der Waals surface area contributed by atoms with Gasteiger partial charge >= 0.3 is 0 Å². The summed E-state index contributed by atoms with van der Waals surface area (Å²) in [6, 6.07) is 15.1. The second-order valence-electron chi connectivity index (χ2n) is 4.74. The van der Waals surface area contributed by atoms with Crippen LogP contribution >= 0.6 is 0 Å². The molecule has 102 valence electrons. The molecular formula is C16H16N2O2. The van der Waals surface area contributed by atoms with Crippen LogP contribution in [0.2, 0.25) is 0 Å². The maximum Gasteiger partial charge on any atom is 0.262 e. The number of nitrogens with one attached hydrogen (secondary N) is 1. The molecule has 0 fully saturated rings. The first-order chi connectivity index (χ1) is 9.70. The van der Waals surface area contributed by atoms with Gasteiger partial charge in [-0.3, -0.25) is 9.69 Å². The van der Waals surface area contributed by atoms with Gasteiger partial charge in [0.1, 0.15) is 11.9 Å². The summed E-state index contributed by atoms with van der Waals surface area (Å²) >= 11 is 0. The van der Waals surface area contributed by atoms with E-state index in [1.807, 2.05) is 55.5 Å². The Balaban J connectivity index is 1.99. The SMILES string of the molecule is COc1ccc(N2C(=O)c3ccccc3NC2C)cc1. The second-order valence-corrected chi connectivity index (χ2v) is 4.74. The molecule has 0 aliphatic carbocycles. The number of benzene rings is 2. The number of ether oxygens (including phenoxy) is 1. The number of nitrogens with zero attached hydrogens (tertiary/aromatic N) is 1. The first-order valence-corrected chi connectivity index (χ1v) is 6.54. The molecule has 1 aliphatic heterocycles. The molecule has 1 unspecified atom stereocenters. The fourth-order valence-electron chi connectivity index (χ4n) is 2.47. The zero-order chi connectivity index (χ0) is 14.1. The lowest BCUT2D eigenvalue weighted by molar-refractivity contribution is 0.0977. The van der Waals surface area contributed by atoms with Crippen molar-refractivity contribution in [2.24, 2.45) is 0 Å². The Labute approximate surface area is 118 Å². The minimum atomic E-state index is -0.0919. The summed E-state index contributed by atoms with van der Waals surface area (Å²) in [6.07, 6.45) is -0.0919. The fourth-order valence-corrected chi connectivity index (χ4v) is 2.47. The Morgan fingerprint density at radius 3 is 2.50 bits per heavy atom. The van der Waals surface area contributed by atoms with Crippen molar-refractivity contribution in [1.29, 1.82) is 0 Å². The maximum atomic E-state index is 12.6. The number of rotatable bonds is 2. The van der Waals surface area contributed by atoms with Gasteiger partial charge in [0.15, 0.2) is 0 Å². The van der Waals surface area contributed by atoms with Crippen LogP contribution in [0.1, 0.15) is 17.3 Å². The number of fused-ring (bicyclic) bond motifs is 1. The van der Waals surface area contributed by atoms with E-state index in [0.717, 1.165) is 17.1 Å². The van der Waals surface area contributed by atoms with Crippen LogP contribution < -0.4 is 15.0 Å². The van der Waals surface area contributed by atoms with Crippen molar-refractivity contribution in [3.63, 3.8) is 0 Å². The molecule has 20 heavy (non-hydrogen) atoms. The number of anilines is 2. The van der Waals surface area contributed by atoms with E-state index in [2.05, 4.69) is 5.32 Å². The monoisotopic (exact) mass is 268 g/mol. The molecule has 0 saturated heterocycles. The number of hydrogen-bond acceptors (Lipinski definition) is 3. The average molecular weight is 268 g/mol. The highest BCUT2D eigenvalue weighted by atomic mass is 16.5. The van der Waals surface area contributed by atoms with Crippen LogP contribution in [-0.2, 0) is 0 Å². The number of hydrogen-bond donors (Lipinski definition) is 1. The molecule has 1 aliphatic rings. The van der Waals surface area contributed by atoms with E-state index in [1.165, 1.54) is 0 Å². The third-order valence-corrected chi connectivity index (χ3v) is 3.48. The summed E-state index contributed by atoms with van der Waals surface area (Å²) in [5, 5.41) is 3.34. The molecule has 0 spiro atoms. The lowest BCUT2D eigenvalue weighted by atomic mass is 10.1. The molecule has 1 amide bonds. The van der Waals surface area contributed by atoms with Gasteiger partial charge in [-0.2, -0.15) is 0 Å². The zero-order valence-electron chi connectivity index (χ0n) is 11.5. The molecule has 1 heterocycles. The highest BCUT2D eigenvalue weighted by Crippen LogP contribution is 2.30. The Hall–Kier alpha value is -2.49. The van der Waals surface area contributed by atoms with Crippen LogP contribution in [0.25, 0.3) is 0 Å². The van der Waals surface area contributed by atoms with Gasteiger partial charge in [-0.25, -0.2) is 0 Å². The molecule has 1 atom stereocenters. The standard InChI is InChI=1S/C16H16N2O2/c1-11-17-15-6-4-3-5-14(15)16(19)18(11)12-7-9-13(20-2)10-8-12/h3-11,17H,1-2H3. The first-order valence-electron chi connectivity index (χ1n) is 6.54. The molecule has 2 aromatic rings. The Bertz CT molecular complexity index is 637. The minimum Gasteiger partial charge on any atom is -0.497 e. The number of methoxy groups -OCH3 is 1. The van der Waals surface area contributed by atoms with E-state index in [-0.39, 0.29) is 12.1 Å². The van der Waals surface area contributed by atoms with E-state index < -0.39 is 0 Å². The quantitative estimate of drug-likeness (QED) is 0.910. The van der Waals surface area contributed by atoms with Gasteiger partial charge in [0.25, 0.3) is 5.91 Å². The zero-order valence-corrected chi connectivity index (χ0v) is 11.5. The molecule has 1 N–H and O–H groups in total. The Kier molecular flexibility index (Phi) is 3.06. The molecule has 4 nitrogen and oxygen atoms in total. The van der Waals surface area contributed by atoms with Crippen LogP contribution in [-0.4, -0.2) is 19.2 Å². The van der Waals surface area contributed by atoms with Crippen molar-refractivity contribution in [1.82, 2.24) is 0 Å². The molecule has 0 radical (unpaired) electrons. The molecular weight excluding hydrogens is 252 g/mol. The van der Waals surface area contributed by atoms with Crippen LogP contribution in [0.5, 0.6) is 5.75 Å². The predicted molar refractivity (Wildman–Crippen MR) is 79.3 cm³/mol. The van der Waals surface area contributed by atoms with Gasteiger partial charge < -0.3 is 10.1 Å². The van der Waals surface area contributed by atoms with Gasteiger partial charge in [-0.1, -0.05) is 12.1 Å². The second kappa shape index (κ2) is 4.89. The van der Waals surface area contributed by atoms with Crippen molar-refractivity contribution in [2.45, 2.75) is 13.1 Å². The first kappa shape index (κ1) is 12.5. The summed E-state index contributed by atoms with van der Waals surface area (Å²) in [5.74, 6) is 0.788. The molecule has 0 aromatic heterocycles. The summed E-state index contributed by atoms with van der Waals surface area (Å²) in [7, 11) is 1.63. The highest BCUT2D eigenvalue weighted by molar-refractivity contribution is 6.11. The normalized spacial score (nSPS) is 17.4. The van der Waals surface area contributed by atoms with E-state index in [1.54, 1.807) is 12.0 Å². The lowest BCUT2D eigenvalue weighted by Gasteiger charge is -2.35. The largest absolute Gasteiger partial charge is 0.497 e. The number of carbonyl (C=O) groups is 1. The van der Waals surface area contributed by atoms with Gasteiger partial charge in [0.05, 0.1) is 12.7 Å². The molecule has 3 rings (SSSR count). The maximum absolute atomic E-state index is 12.6. The third-order valence-electron chi connectivity index (χ3n) is 3.48. The van der Waals surface area contributed by atoms with Gasteiger partial charge in [0, 0.05) is 11.4 Å². The fraction of sp³-hybridized carbons (Fsp3) is 0.188. The number of para-hydroxylation sites is 1. The number of carbonyl (C=O) groups excluding carboxylic acids is 1. The van der Waals surface area contributed by atoms with Gasteiger partial charge in [-0.15, -0.1) is 0 Å². The molecule has 4 heteroatoms. The molecule has 0 bridgehead atoms. The third kappa shape index (κ3) is 1.99. The van der Waals surface area contributed by atoms with E-state index in [9.17, 15) is 4.79 Å². The minimum absolute atomic E-state index is 0.0111. The summed E-state index contributed by atoms with van der Waals surface area (Å²) < 4.78 is 5.15. The Morgan fingerprint density at radius 1 is 1.10 bits per heavy atom. The van der Waals surface area contributed by atoms with Crippen molar-refractivity contribution in [3.05, 3.63) is 54.1 Å². The van der Waals surface area contributed by atoms with Gasteiger partial charge in [0.2, 0.25) is 0 Å². The highest BCUT2D eigenvalue weighted by Gasteiger charge is 2.29. The summed E-state index contributed by atoms with van der Waals surface area (Å²) in [4.78, 5) is 14.4. The van der Waals surface area contributed by atoms with Crippen LogP contribution in [0.4, 0.5) is 11.4 Å².